The Kier molecular flexibility index (Phi) is 3.82. The van der Waals surface area contributed by atoms with Crippen molar-refractivity contribution in [3.05, 3.63) is 35.2 Å². The highest BCUT2D eigenvalue weighted by Gasteiger charge is 2.25. The van der Waals surface area contributed by atoms with Crippen LogP contribution < -0.4 is 5.73 Å². The quantitative estimate of drug-likeness (QED) is 0.856. The van der Waals surface area contributed by atoms with Crippen molar-refractivity contribution in [2.75, 3.05) is 6.54 Å². The third kappa shape index (κ3) is 2.68. The molecule has 3 heteroatoms. The first-order valence-corrected chi connectivity index (χ1v) is 6.94. The summed E-state index contributed by atoms with van der Waals surface area (Å²) in [4.78, 5) is 0. The zero-order valence-electron chi connectivity index (χ0n) is 10.1. The van der Waals surface area contributed by atoms with Gasteiger partial charge in [0.2, 0.25) is 0 Å². The second-order valence-electron chi connectivity index (χ2n) is 4.61. The molecule has 2 nitrogen and oxygen atoms in total. The Morgan fingerprint density at radius 3 is 2.82 bits per heavy atom. The number of fused-ring (bicyclic) bond motifs is 1. The number of aliphatic hydroxyl groups is 1. The number of benzene rings is 1. The SMILES string of the molecule is CCCC(O)(CN)Cc1csc2ccccc12. The van der Waals surface area contributed by atoms with Crippen molar-refractivity contribution in [3.63, 3.8) is 0 Å². The maximum atomic E-state index is 10.4. The van der Waals surface area contributed by atoms with Crippen LogP contribution in [0.15, 0.2) is 29.6 Å². The van der Waals surface area contributed by atoms with Crippen molar-refractivity contribution in [2.45, 2.75) is 31.8 Å². The zero-order valence-corrected chi connectivity index (χ0v) is 11.0. The minimum Gasteiger partial charge on any atom is -0.388 e. The van der Waals surface area contributed by atoms with Crippen LogP contribution in [0.2, 0.25) is 0 Å². The summed E-state index contributed by atoms with van der Waals surface area (Å²) in [7, 11) is 0. The van der Waals surface area contributed by atoms with E-state index in [1.165, 1.54) is 15.6 Å². The van der Waals surface area contributed by atoms with E-state index in [9.17, 15) is 5.11 Å². The van der Waals surface area contributed by atoms with Crippen molar-refractivity contribution < 1.29 is 5.11 Å². The van der Waals surface area contributed by atoms with E-state index in [2.05, 4.69) is 24.4 Å². The molecule has 0 bridgehead atoms. The highest BCUT2D eigenvalue weighted by molar-refractivity contribution is 7.17. The monoisotopic (exact) mass is 249 g/mol. The van der Waals surface area contributed by atoms with Gasteiger partial charge in [-0.05, 0) is 28.8 Å². The van der Waals surface area contributed by atoms with E-state index in [0.717, 1.165) is 12.8 Å². The molecule has 0 saturated carbocycles. The molecule has 17 heavy (non-hydrogen) atoms. The van der Waals surface area contributed by atoms with Gasteiger partial charge >= 0.3 is 0 Å². The number of hydrogen-bond acceptors (Lipinski definition) is 3. The number of hydrogen-bond donors (Lipinski definition) is 2. The Bertz CT molecular complexity index is 494. The molecule has 0 radical (unpaired) electrons. The highest BCUT2D eigenvalue weighted by atomic mass is 32.1. The molecule has 1 aromatic carbocycles. The Labute approximate surface area is 106 Å². The lowest BCUT2D eigenvalue weighted by molar-refractivity contribution is 0.0403. The standard InChI is InChI=1S/C14H19NOS/c1-2-7-14(16,10-15)8-11-9-17-13-6-4-3-5-12(11)13/h3-6,9,16H,2,7-8,10,15H2,1H3. The Hall–Kier alpha value is -0.900. The first kappa shape index (κ1) is 12.6. The summed E-state index contributed by atoms with van der Waals surface area (Å²) in [5.74, 6) is 0. The van der Waals surface area contributed by atoms with Crippen LogP contribution >= 0.6 is 11.3 Å². The lowest BCUT2D eigenvalue weighted by Gasteiger charge is -2.25. The lowest BCUT2D eigenvalue weighted by atomic mass is 9.90. The van der Waals surface area contributed by atoms with Gasteiger partial charge in [-0.15, -0.1) is 11.3 Å². The summed E-state index contributed by atoms with van der Waals surface area (Å²) >= 11 is 1.73. The van der Waals surface area contributed by atoms with Crippen LogP contribution in [0.5, 0.6) is 0 Å². The first-order chi connectivity index (χ1) is 8.18. The Morgan fingerprint density at radius 2 is 2.12 bits per heavy atom. The van der Waals surface area contributed by atoms with Gasteiger partial charge in [-0.1, -0.05) is 31.5 Å². The van der Waals surface area contributed by atoms with Crippen LogP contribution in [0.25, 0.3) is 10.1 Å². The molecule has 1 atom stereocenters. The average Bonchev–Trinajstić information content (AvgIpc) is 2.73. The molecule has 0 aliphatic rings. The van der Waals surface area contributed by atoms with Crippen LogP contribution in [0.1, 0.15) is 25.3 Å². The van der Waals surface area contributed by atoms with Gasteiger partial charge in [0, 0.05) is 17.7 Å². The van der Waals surface area contributed by atoms with E-state index in [1.807, 2.05) is 12.1 Å². The molecule has 3 N–H and O–H groups in total. The van der Waals surface area contributed by atoms with Crippen LogP contribution in [-0.2, 0) is 6.42 Å². The summed E-state index contributed by atoms with van der Waals surface area (Å²) in [6.07, 6.45) is 2.37. The normalized spacial score (nSPS) is 15.0. The summed E-state index contributed by atoms with van der Waals surface area (Å²) in [6, 6.07) is 8.32. The largest absolute Gasteiger partial charge is 0.388 e. The molecule has 0 aliphatic carbocycles. The maximum Gasteiger partial charge on any atom is 0.0809 e. The zero-order chi connectivity index (χ0) is 12.3. The lowest BCUT2D eigenvalue weighted by Crippen LogP contribution is -2.39. The summed E-state index contributed by atoms with van der Waals surface area (Å²) < 4.78 is 1.28. The van der Waals surface area contributed by atoms with Crippen molar-refractivity contribution in [1.29, 1.82) is 0 Å². The summed E-state index contributed by atoms with van der Waals surface area (Å²) in [5, 5.41) is 13.8. The predicted octanol–water partition coefficient (Wildman–Crippen LogP) is 2.93. The third-order valence-corrected chi connectivity index (χ3v) is 4.19. The summed E-state index contributed by atoms with van der Waals surface area (Å²) in [6.45, 7) is 2.40. The fourth-order valence-corrected chi connectivity index (χ4v) is 3.21. The summed E-state index contributed by atoms with van der Waals surface area (Å²) in [5.41, 5.74) is 6.17. The Morgan fingerprint density at radius 1 is 1.35 bits per heavy atom. The van der Waals surface area contributed by atoms with Gasteiger partial charge in [0.25, 0.3) is 0 Å². The van der Waals surface area contributed by atoms with E-state index < -0.39 is 5.60 Å². The van der Waals surface area contributed by atoms with E-state index in [4.69, 9.17) is 5.73 Å². The highest BCUT2D eigenvalue weighted by Crippen LogP contribution is 2.29. The molecule has 2 aromatic rings. The van der Waals surface area contributed by atoms with Crippen LogP contribution in [0.4, 0.5) is 0 Å². The molecule has 0 fully saturated rings. The van der Waals surface area contributed by atoms with Crippen LogP contribution in [-0.4, -0.2) is 17.3 Å². The van der Waals surface area contributed by atoms with Crippen molar-refractivity contribution in [3.8, 4) is 0 Å². The molecule has 2 rings (SSSR count). The molecule has 1 heterocycles. The predicted molar refractivity (Wildman–Crippen MR) is 74.4 cm³/mol. The van der Waals surface area contributed by atoms with Gasteiger partial charge in [-0.2, -0.15) is 0 Å². The van der Waals surface area contributed by atoms with E-state index in [-0.39, 0.29) is 0 Å². The van der Waals surface area contributed by atoms with Gasteiger partial charge < -0.3 is 10.8 Å². The minimum atomic E-state index is -0.751. The molecule has 1 unspecified atom stereocenters. The number of thiophene rings is 1. The fraction of sp³-hybridized carbons (Fsp3) is 0.429. The van der Waals surface area contributed by atoms with Crippen molar-refractivity contribution >= 4 is 21.4 Å². The second-order valence-corrected chi connectivity index (χ2v) is 5.52. The molecular weight excluding hydrogens is 230 g/mol. The topological polar surface area (TPSA) is 46.2 Å². The van der Waals surface area contributed by atoms with E-state index in [0.29, 0.717) is 13.0 Å². The van der Waals surface area contributed by atoms with Crippen molar-refractivity contribution in [2.24, 2.45) is 5.73 Å². The Balaban J connectivity index is 2.28. The molecule has 0 aliphatic heterocycles. The van der Waals surface area contributed by atoms with Gasteiger partial charge in [-0.3, -0.25) is 0 Å². The average molecular weight is 249 g/mol. The van der Waals surface area contributed by atoms with Crippen molar-refractivity contribution in [1.82, 2.24) is 0 Å². The smallest absolute Gasteiger partial charge is 0.0809 e. The van der Waals surface area contributed by atoms with Gasteiger partial charge in [0.05, 0.1) is 5.60 Å². The second kappa shape index (κ2) is 5.17. The molecule has 92 valence electrons. The molecule has 1 aromatic heterocycles. The molecule has 0 spiro atoms. The molecular formula is C14H19NOS. The molecule has 0 amide bonds. The number of nitrogens with two attached hydrogens (primary N) is 1. The first-order valence-electron chi connectivity index (χ1n) is 6.06. The van der Waals surface area contributed by atoms with Crippen LogP contribution in [0.3, 0.4) is 0 Å². The van der Waals surface area contributed by atoms with Gasteiger partial charge in [0.15, 0.2) is 0 Å². The fourth-order valence-electron chi connectivity index (χ4n) is 2.25. The minimum absolute atomic E-state index is 0.324. The van der Waals surface area contributed by atoms with E-state index >= 15 is 0 Å². The number of rotatable bonds is 5. The third-order valence-electron chi connectivity index (χ3n) is 3.18. The molecule has 0 saturated heterocycles. The van der Waals surface area contributed by atoms with E-state index in [1.54, 1.807) is 11.3 Å². The maximum absolute atomic E-state index is 10.4. The van der Waals surface area contributed by atoms with Gasteiger partial charge in [0.1, 0.15) is 0 Å². The van der Waals surface area contributed by atoms with Crippen LogP contribution in [0, 0.1) is 0 Å². The van der Waals surface area contributed by atoms with Gasteiger partial charge in [-0.25, -0.2) is 0 Å².